The first kappa shape index (κ1) is 15.8. The minimum absolute atomic E-state index is 0.0571. The second kappa shape index (κ2) is 6.91. The highest BCUT2D eigenvalue weighted by Gasteiger charge is 2.14. The predicted molar refractivity (Wildman–Crippen MR) is 85.0 cm³/mol. The van der Waals surface area contributed by atoms with E-state index < -0.39 is 5.82 Å². The van der Waals surface area contributed by atoms with E-state index in [4.69, 9.17) is 4.74 Å². The second-order valence-corrected chi connectivity index (χ2v) is 5.62. The summed E-state index contributed by atoms with van der Waals surface area (Å²) in [6.07, 6.45) is 0. The molecule has 0 fully saturated rings. The Morgan fingerprint density at radius 3 is 2.76 bits per heavy atom. The molecule has 21 heavy (non-hydrogen) atoms. The molecule has 0 amide bonds. The molecule has 1 unspecified atom stereocenters. The maximum absolute atomic E-state index is 13.1. The molecule has 0 aromatic heterocycles. The number of ether oxygens (including phenoxy) is 1. The third kappa shape index (κ3) is 3.74. The number of methoxy groups -OCH3 is 1. The van der Waals surface area contributed by atoms with Gasteiger partial charge in [0, 0.05) is 34.5 Å². The van der Waals surface area contributed by atoms with Crippen LogP contribution in [0.4, 0.5) is 10.1 Å². The number of benzene rings is 2. The van der Waals surface area contributed by atoms with Crippen LogP contribution in [0, 0.1) is 5.82 Å². The van der Waals surface area contributed by atoms with Crippen molar-refractivity contribution in [2.45, 2.75) is 19.6 Å². The molecule has 2 rings (SSSR count). The lowest BCUT2D eigenvalue weighted by atomic mass is 10.1. The summed E-state index contributed by atoms with van der Waals surface area (Å²) >= 11 is 3.50. The van der Waals surface area contributed by atoms with E-state index in [1.807, 2.05) is 25.1 Å². The largest absolute Gasteiger partial charge is 0.507 e. The van der Waals surface area contributed by atoms with Crippen LogP contribution in [-0.4, -0.2) is 12.2 Å². The average molecular weight is 354 g/mol. The molecule has 2 aromatic rings. The summed E-state index contributed by atoms with van der Waals surface area (Å²) in [5.74, 6) is -0.510. The van der Waals surface area contributed by atoms with Crippen molar-refractivity contribution in [3.63, 3.8) is 0 Å². The molecule has 0 aliphatic carbocycles. The molecular weight excluding hydrogens is 337 g/mol. The molecule has 0 aliphatic rings. The van der Waals surface area contributed by atoms with Gasteiger partial charge in [0.2, 0.25) is 0 Å². The van der Waals surface area contributed by atoms with Crippen molar-refractivity contribution < 1.29 is 14.2 Å². The number of halogens is 2. The fourth-order valence-electron chi connectivity index (χ4n) is 2.18. The van der Waals surface area contributed by atoms with Gasteiger partial charge in [0.25, 0.3) is 0 Å². The van der Waals surface area contributed by atoms with Crippen LogP contribution in [-0.2, 0) is 11.3 Å². The van der Waals surface area contributed by atoms with Gasteiger partial charge in [0.05, 0.1) is 12.6 Å². The Bertz CT molecular complexity index is 634. The van der Waals surface area contributed by atoms with Crippen molar-refractivity contribution in [2.75, 3.05) is 12.4 Å². The van der Waals surface area contributed by atoms with Crippen molar-refractivity contribution in [2.24, 2.45) is 0 Å². The summed E-state index contributed by atoms with van der Waals surface area (Å²) < 4.78 is 19.2. The molecule has 5 heteroatoms. The van der Waals surface area contributed by atoms with Crippen LogP contribution in [0.1, 0.15) is 24.1 Å². The van der Waals surface area contributed by atoms with Gasteiger partial charge in [-0.1, -0.05) is 28.1 Å². The van der Waals surface area contributed by atoms with Gasteiger partial charge in [0.15, 0.2) is 0 Å². The van der Waals surface area contributed by atoms with Crippen LogP contribution in [0.2, 0.25) is 0 Å². The maximum atomic E-state index is 13.1. The van der Waals surface area contributed by atoms with Gasteiger partial charge in [0.1, 0.15) is 11.6 Å². The number of hydrogen-bond acceptors (Lipinski definition) is 3. The quantitative estimate of drug-likeness (QED) is 0.824. The fraction of sp³-hybridized carbons (Fsp3) is 0.250. The molecule has 2 aromatic carbocycles. The SMILES string of the molecule is COCc1c(Br)cccc1NC(C)c1ccc(F)cc1O. The van der Waals surface area contributed by atoms with Crippen molar-refractivity contribution in [3.8, 4) is 5.75 Å². The molecule has 0 heterocycles. The Kier molecular flexibility index (Phi) is 5.20. The van der Waals surface area contributed by atoms with Crippen LogP contribution in [0.15, 0.2) is 40.9 Å². The molecule has 0 saturated heterocycles. The molecule has 112 valence electrons. The summed E-state index contributed by atoms with van der Waals surface area (Å²) in [5, 5.41) is 13.2. The highest BCUT2D eigenvalue weighted by atomic mass is 79.9. The summed E-state index contributed by atoms with van der Waals surface area (Å²) in [7, 11) is 1.64. The summed E-state index contributed by atoms with van der Waals surface area (Å²) in [4.78, 5) is 0. The minimum atomic E-state index is -0.453. The van der Waals surface area contributed by atoms with Gasteiger partial charge in [-0.25, -0.2) is 4.39 Å². The van der Waals surface area contributed by atoms with Gasteiger partial charge in [-0.3, -0.25) is 0 Å². The molecule has 0 saturated carbocycles. The first-order chi connectivity index (χ1) is 10.0. The smallest absolute Gasteiger partial charge is 0.126 e. The first-order valence-electron chi connectivity index (χ1n) is 6.54. The lowest BCUT2D eigenvalue weighted by molar-refractivity contribution is 0.185. The molecule has 3 nitrogen and oxygen atoms in total. The highest BCUT2D eigenvalue weighted by molar-refractivity contribution is 9.10. The van der Waals surface area contributed by atoms with E-state index in [1.54, 1.807) is 13.2 Å². The molecule has 0 aliphatic heterocycles. The summed E-state index contributed by atoms with van der Waals surface area (Å²) in [6, 6.07) is 9.67. The number of hydrogen-bond donors (Lipinski definition) is 2. The van der Waals surface area contributed by atoms with Crippen LogP contribution < -0.4 is 5.32 Å². The zero-order valence-electron chi connectivity index (χ0n) is 11.9. The number of rotatable bonds is 5. The molecule has 0 spiro atoms. The Morgan fingerprint density at radius 2 is 2.10 bits per heavy atom. The van der Waals surface area contributed by atoms with Gasteiger partial charge in [-0.05, 0) is 25.1 Å². The van der Waals surface area contributed by atoms with Gasteiger partial charge in [-0.2, -0.15) is 0 Å². The van der Waals surface area contributed by atoms with Crippen molar-refractivity contribution >= 4 is 21.6 Å². The van der Waals surface area contributed by atoms with E-state index in [9.17, 15) is 9.50 Å². The Labute approximate surface area is 131 Å². The second-order valence-electron chi connectivity index (χ2n) is 4.77. The molecule has 0 radical (unpaired) electrons. The predicted octanol–water partition coefficient (Wildman–Crippen LogP) is 4.61. The molecule has 2 N–H and O–H groups in total. The summed E-state index contributed by atoms with van der Waals surface area (Å²) in [6.45, 7) is 2.37. The Morgan fingerprint density at radius 1 is 1.33 bits per heavy atom. The summed E-state index contributed by atoms with van der Waals surface area (Å²) in [5.41, 5.74) is 2.54. The zero-order valence-corrected chi connectivity index (χ0v) is 13.4. The Balaban J connectivity index is 2.27. The van der Waals surface area contributed by atoms with E-state index in [2.05, 4.69) is 21.2 Å². The van der Waals surface area contributed by atoms with Gasteiger partial charge >= 0.3 is 0 Å². The van der Waals surface area contributed by atoms with Crippen LogP contribution in [0.25, 0.3) is 0 Å². The fourth-order valence-corrected chi connectivity index (χ4v) is 2.66. The first-order valence-corrected chi connectivity index (χ1v) is 7.33. The van der Waals surface area contributed by atoms with Crippen LogP contribution in [0.5, 0.6) is 5.75 Å². The van der Waals surface area contributed by atoms with E-state index in [0.717, 1.165) is 21.8 Å². The number of anilines is 1. The average Bonchev–Trinajstić information content (AvgIpc) is 2.42. The van der Waals surface area contributed by atoms with E-state index in [-0.39, 0.29) is 11.8 Å². The van der Waals surface area contributed by atoms with Crippen molar-refractivity contribution in [1.82, 2.24) is 0 Å². The standard InChI is InChI=1S/C16H17BrFNO2/c1-10(12-7-6-11(18)8-16(12)20)19-15-5-3-4-14(17)13(15)9-21-2/h3-8,10,19-20H,9H2,1-2H3. The molecular formula is C16H17BrFNO2. The lowest BCUT2D eigenvalue weighted by Gasteiger charge is -2.20. The normalized spacial score (nSPS) is 12.2. The van der Waals surface area contributed by atoms with Crippen LogP contribution >= 0.6 is 15.9 Å². The van der Waals surface area contributed by atoms with Gasteiger partial charge < -0.3 is 15.2 Å². The topological polar surface area (TPSA) is 41.5 Å². The maximum Gasteiger partial charge on any atom is 0.126 e. The Hall–Kier alpha value is -1.59. The third-order valence-corrected chi connectivity index (χ3v) is 3.98. The van der Waals surface area contributed by atoms with E-state index in [0.29, 0.717) is 12.2 Å². The molecule has 0 bridgehead atoms. The number of phenols is 1. The zero-order chi connectivity index (χ0) is 15.4. The minimum Gasteiger partial charge on any atom is -0.507 e. The third-order valence-electron chi connectivity index (χ3n) is 3.24. The highest BCUT2D eigenvalue weighted by Crippen LogP contribution is 2.31. The lowest BCUT2D eigenvalue weighted by Crippen LogP contribution is -2.09. The monoisotopic (exact) mass is 353 g/mol. The van der Waals surface area contributed by atoms with E-state index >= 15 is 0 Å². The number of phenolic OH excluding ortho intramolecular Hbond substituents is 1. The van der Waals surface area contributed by atoms with Crippen molar-refractivity contribution in [3.05, 3.63) is 57.8 Å². The number of aromatic hydroxyl groups is 1. The number of nitrogens with one attached hydrogen (secondary N) is 1. The van der Waals surface area contributed by atoms with Crippen LogP contribution in [0.3, 0.4) is 0 Å². The van der Waals surface area contributed by atoms with Gasteiger partial charge in [-0.15, -0.1) is 0 Å². The van der Waals surface area contributed by atoms with E-state index in [1.165, 1.54) is 6.07 Å². The molecule has 1 atom stereocenters. The van der Waals surface area contributed by atoms with Crippen molar-refractivity contribution in [1.29, 1.82) is 0 Å².